The van der Waals surface area contributed by atoms with Crippen molar-refractivity contribution in [1.29, 1.82) is 0 Å². The Labute approximate surface area is 137 Å². The van der Waals surface area contributed by atoms with Crippen molar-refractivity contribution in [2.45, 2.75) is 32.8 Å². The molecule has 0 aliphatic rings. The molecule has 2 aromatic rings. The second-order valence-corrected chi connectivity index (χ2v) is 5.71. The summed E-state index contributed by atoms with van der Waals surface area (Å²) in [5.41, 5.74) is 3.93. The molecule has 0 aromatic heterocycles. The largest absolute Gasteiger partial charge is 0.387 e. The average molecular weight is 312 g/mol. The fourth-order valence-electron chi connectivity index (χ4n) is 2.31. The van der Waals surface area contributed by atoms with Crippen LogP contribution in [0.25, 0.3) is 0 Å². The van der Waals surface area contributed by atoms with E-state index >= 15 is 0 Å². The zero-order valence-electron chi connectivity index (χ0n) is 13.7. The fraction of sp³-hybridized carbons (Fsp3) is 0.316. The van der Waals surface area contributed by atoms with Crippen LogP contribution in [0.4, 0.5) is 10.5 Å². The predicted molar refractivity (Wildman–Crippen MR) is 93.6 cm³/mol. The number of hydrogen-bond donors (Lipinski definition) is 3. The predicted octanol–water partition coefficient (Wildman–Crippen LogP) is 3.80. The summed E-state index contributed by atoms with van der Waals surface area (Å²) >= 11 is 0. The zero-order chi connectivity index (χ0) is 16.7. The Morgan fingerprint density at radius 3 is 2.35 bits per heavy atom. The molecule has 0 aliphatic carbocycles. The van der Waals surface area contributed by atoms with Gasteiger partial charge in [-0.2, -0.15) is 0 Å². The number of hydrogen-bond acceptors (Lipinski definition) is 2. The third-order valence-corrected chi connectivity index (χ3v) is 3.67. The van der Waals surface area contributed by atoms with E-state index < -0.39 is 6.10 Å². The number of amides is 2. The molecule has 1 atom stereocenters. The standard InChI is InChI=1S/C19H24N2O2/c1-3-4-15-7-11-17(12-8-15)21-19(23)20-13-18(22)16-9-5-14(2)6-10-16/h5-12,18,22H,3-4,13H2,1-2H3,(H2,20,21,23). The van der Waals surface area contributed by atoms with Crippen LogP contribution in [0.5, 0.6) is 0 Å². The van der Waals surface area contributed by atoms with Gasteiger partial charge in [-0.05, 0) is 36.6 Å². The fourth-order valence-corrected chi connectivity index (χ4v) is 2.31. The molecule has 122 valence electrons. The molecule has 0 spiro atoms. The summed E-state index contributed by atoms with van der Waals surface area (Å²) in [5.74, 6) is 0. The van der Waals surface area contributed by atoms with E-state index in [1.54, 1.807) is 0 Å². The maximum Gasteiger partial charge on any atom is 0.319 e. The molecular formula is C19H24N2O2. The Bertz CT molecular complexity index is 621. The molecule has 0 aliphatic heterocycles. The first-order chi connectivity index (χ1) is 11.1. The van der Waals surface area contributed by atoms with Gasteiger partial charge in [-0.15, -0.1) is 0 Å². The summed E-state index contributed by atoms with van der Waals surface area (Å²) in [5, 5.41) is 15.5. The topological polar surface area (TPSA) is 61.4 Å². The number of aryl methyl sites for hydroxylation is 2. The van der Waals surface area contributed by atoms with Crippen LogP contribution >= 0.6 is 0 Å². The Kier molecular flexibility index (Phi) is 6.18. The highest BCUT2D eigenvalue weighted by Crippen LogP contribution is 2.13. The lowest BCUT2D eigenvalue weighted by molar-refractivity contribution is 0.175. The third-order valence-electron chi connectivity index (χ3n) is 3.67. The number of carbonyl (C=O) groups is 1. The molecular weight excluding hydrogens is 288 g/mol. The molecule has 2 rings (SSSR count). The first-order valence-electron chi connectivity index (χ1n) is 7.97. The summed E-state index contributed by atoms with van der Waals surface area (Å²) in [6.45, 7) is 4.30. The molecule has 0 saturated carbocycles. The summed E-state index contributed by atoms with van der Waals surface area (Å²) in [4.78, 5) is 11.9. The first-order valence-corrected chi connectivity index (χ1v) is 7.97. The monoisotopic (exact) mass is 312 g/mol. The van der Waals surface area contributed by atoms with Crippen LogP contribution in [0.3, 0.4) is 0 Å². The van der Waals surface area contributed by atoms with Crippen LogP contribution in [0.15, 0.2) is 48.5 Å². The Hall–Kier alpha value is -2.33. The average Bonchev–Trinajstić information content (AvgIpc) is 2.55. The van der Waals surface area contributed by atoms with E-state index in [1.165, 1.54) is 5.56 Å². The lowest BCUT2D eigenvalue weighted by Gasteiger charge is -2.13. The molecule has 3 N–H and O–H groups in total. The van der Waals surface area contributed by atoms with Crippen LogP contribution in [0.2, 0.25) is 0 Å². The number of carbonyl (C=O) groups excluding carboxylic acids is 1. The van der Waals surface area contributed by atoms with Crippen molar-refractivity contribution in [2.24, 2.45) is 0 Å². The van der Waals surface area contributed by atoms with Crippen molar-refractivity contribution in [3.05, 3.63) is 65.2 Å². The van der Waals surface area contributed by atoms with E-state index in [2.05, 4.69) is 17.6 Å². The second-order valence-electron chi connectivity index (χ2n) is 5.71. The van der Waals surface area contributed by atoms with E-state index in [0.717, 1.165) is 29.7 Å². The first kappa shape index (κ1) is 17.0. The molecule has 0 saturated heterocycles. The lowest BCUT2D eigenvalue weighted by Crippen LogP contribution is -2.32. The molecule has 0 fully saturated rings. The van der Waals surface area contributed by atoms with Gasteiger partial charge in [0.05, 0.1) is 6.10 Å². The highest BCUT2D eigenvalue weighted by molar-refractivity contribution is 5.89. The number of urea groups is 1. The summed E-state index contributed by atoms with van der Waals surface area (Å²) in [6, 6.07) is 15.1. The Morgan fingerprint density at radius 2 is 1.74 bits per heavy atom. The lowest BCUT2D eigenvalue weighted by atomic mass is 10.1. The van der Waals surface area contributed by atoms with Crippen LogP contribution < -0.4 is 10.6 Å². The number of anilines is 1. The molecule has 23 heavy (non-hydrogen) atoms. The smallest absolute Gasteiger partial charge is 0.319 e. The van der Waals surface area contributed by atoms with Gasteiger partial charge in [0.15, 0.2) is 0 Å². The van der Waals surface area contributed by atoms with Crippen molar-refractivity contribution in [3.63, 3.8) is 0 Å². The van der Waals surface area contributed by atoms with Crippen molar-refractivity contribution >= 4 is 11.7 Å². The van der Waals surface area contributed by atoms with Crippen molar-refractivity contribution in [2.75, 3.05) is 11.9 Å². The normalized spacial score (nSPS) is 11.8. The SMILES string of the molecule is CCCc1ccc(NC(=O)NCC(O)c2ccc(C)cc2)cc1. The van der Waals surface area contributed by atoms with E-state index in [-0.39, 0.29) is 12.6 Å². The number of nitrogens with one attached hydrogen (secondary N) is 2. The highest BCUT2D eigenvalue weighted by Gasteiger charge is 2.09. The number of rotatable bonds is 6. The minimum atomic E-state index is -0.715. The molecule has 2 aromatic carbocycles. The van der Waals surface area contributed by atoms with Crippen molar-refractivity contribution < 1.29 is 9.90 Å². The molecule has 0 bridgehead atoms. The van der Waals surface area contributed by atoms with Crippen molar-refractivity contribution in [1.82, 2.24) is 5.32 Å². The Balaban J connectivity index is 1.81. The van der Waals surface area contributed by atoms with Crippen molar-refractivity contribution in [3.8, 4) is 0 Å². The van der Waals surface area contributed by atoms with Crippen LogP contribution in [0.1, 0.15) is 36.1 Å². The van der Waals surface area contributed by atoms with Gasteiger partial charge in [-0.25, -0.2) is 4.79 Å². The summed E-state index contributed by atoms with van der Waals surface area (Å²) in [6.07, 6.45) is 1.42. The minimum Gasteiger partial charge on any atom is -0.387 e. The molecule has 1 unspecified atom stereocenters. The van der Waals surface area contributed by atoms with Gasteiger partial charge >= 0.3 is 6.03 Å². The van der Waals surface area contributed by atoms with Gasteiger partial charge in [0.25, 0.3) is 0 Å². The van der Waals surface area contributed by atoms with Gasteiger partial charge < -0.3 is 15.7 Å². The highest BCUT2D eigenvalue weighted by atomic mass is 16.3. The number of benzene rings is 2. The number of aliphatic hydroxyl groups is 1. The molecule has 4 nitrogen and oxygen atoms in total. The van der Waals surface area contributed by atoms with Gasteiger partial charge in [-0.1, -0.05) is 55.3 Å². The number of aliphatic hydroxyl groups excluding tert-OH is 1. The summed E-state index contributed by atoms with van der Waals surface area (Å²) in [7, 11) is 0. The maximum atomic E-state index is 11.9. The van der Waals surface area contributed by atoms with E-state index in [0.29, 0.717) is 0 Å². The third kappa shape index (κ3) is 5.42. The van der Waals surface area contributed by atoms with Gasteiger partial charge in [0.1, 0.15) is 0 Å². The van der Waals surface area contributed by atoms with Crippen LogP contribution in [0, 0.1) is 6.92 Å². The van der Waals surface area contributed by atoms with Crippen LogP contribution in [-0.2, 0) is 6.42 Å². The maximum absolute atomic E-state index is 11.9. The van der Waals surface area contributed by atoms with E-state index in [4.69, 9.17) is 0 Å². The quantitative estimate of drug-likeness (QED) is 0.759. The van der Waals surface area contributed by atoms with Gasteiger partial charge in [0.2, 0.25) is 0 Å². The molecule has 4 heteroatoms. The van der Waals surface area contributed by atoms with Gasteiger partial charge in [-0.3, -0.25) is 0 Å². The molecule has 0 heterocycles. The zero-order valence-corrected chi connectivity index (χ0v) is 13.7. The minimum absolute atomic E-state index is 0.169. The molecule has 0 radical (unpaired) electrons. The molecule has 2 amide bonds. The summed E-state index contributed by atoms with van der Waals surface area (Å²) < 4.78 is 0. The van der Waals surface area contributed by atoms with Crippen LogP contribution in [-0.4, -0.2) is 17.7 Å². The Morgan fingerprint density at radius 1 is 1.09 bits per heavy atom. The second kappa shape index (κ2) is 8.34. The van der Waals surface area contributed by atoms with E-state index in [1.807, 2.05) is 55.5 Å². The van der Waals surface area contributed by atoms with Gasteiger partial charge in [0, 0.05) is 12.2 Å². The van der Waals surface area contributed by atoms with E-state index in [9.17, 15) is 9.90 Å².